The van der Waals surface area contributed by atoms with Crippen molar-refractivity contribution >= 4 is 33.5 Å². The Labute approximate surface area is 113 Å². The van der Waals surface area contributed by atoms with Crippen molar-refractivity contribution in [2.24, 2.45) is 5.73 Å². The number of carboxylic acid groups (broad SMARTS) is 1. The zero-order valence-corrected chi connectivity index (χ0v) is 11.5. The molecule has 0 spiro atoms. The van der Waals surface area contributed by atoms with Crippen LogP contribution in [0.3, 0.4) is 0 Å². The molecule has 0 fully saturated rings. The van der Waals surface area contributed by atoms with Crippen LogP contribution >= 0.6 is 15.9 Å². The smallest absolute Gasteiger partial charge is 0.303 e. The van der Waals surface area contributed by atoms with E-state index in [9.17, 15) is 9.59 Å². The van der Waals surface area contributed by atoms with E-state index in [1.165, 1.54) is 0 Å². The van der Waals surface area contributed by atoms with Crippen molar-refractivity contribution < 1.29 is 14.7 Å². The number of hydrogen-bond donors (Lipinski definition) is 3. The lowest BCUT2D eigenvalue weighted by atomic mass is 10.1. The Kier molecular flexibility index (Phi) is 5.30. The zero-order valence-electron chi connectivity index (χ0n) is 9.94. The van der Waals surface area contributed by atoms with Crippen LogP contribution in [0.2, 0.25) is 0 Å². The molecule has 6 heteroatoms. The first kappa shape index (κ1) is 14.7. The molecule has 18 heavy (non-hydrogen) atoms. The molecule has 1 atom stereocenters. The molecule has 0 radical (unpaired) electrons. The number of carbonyl (C=O) groups is 2. The number of carbonyl (C=O) groups excluding carboxylic acids is 1. The lowest BCUT2D eigenvalue weighted by Crippen LogP contribution is -2.36. The Morgan fingerprint density at radius 3 is 2.72 bits per heavy atom. The molecule has 0 aliphatic heterocycles. The van der Waals surface area contributed by atoms with E-state index in [0.29, 0.717) is 5.69 Å². The molecule has 0 saturated heterocycles. The van der Waals surface area contributed by atoms with Gasteiger partial charge in [-0.1, -0.05) is 15.9 Å². The molecule has 1 rings (SSSR count). The van der Waals surface area contributed by atoms with Crippen LogP contribution in [0.1, 0.15) is 18.4 Å². The second kappa shape index (κ2) is 6.51. The maximum absolute atomic E-state index is 11.7. The van der Waals surface area contributed by atoms with Gasteiger partial charge in [0.1, 0.15) is 0 Å². The van der Waals surface area contributed by atoms with E-state index in [1.54, 1.807) is 6.07 Å². The summed E-state index contributed by atoms with van der Waals surface area (Å²) in [7, 11) is 0. The molecule has 0 bridgehead atoms. The summed E-state index contributed by atoms with van der Waals surface area (Å²) in [5.74, 6) is -1.33. The number of hydrogen-bond acceptors (Lipinski definition) is 3. The van der Waals surface area contributed by atoms with Crippen molar-refractivity contribution in [3.05, 3.63) is 28.2 Å². The Morgan fingerprint density at radius 2 is 2.17 bits per heavy atom. The first-order chi connectivity index (χ1) is 8.40. The molecule has 0 heterocycles. The number of nitrogens with one attached hydrogen (secondary N) is 1. The lowest BCUT2D eigenvalue weighted by Gasteiger charge is -2.13. The van der Waals surface area contributed by atoms with Crippen LogP contribution in [0.25, 0.3) is 0 Å². The van der Waals surface area contributed by atoms with Crippen molar-refractivity contribution in [1.29, 1.82) is 0 Å². The number of benzene rings is 1. The highest BCUT2D eigenvalue weighted by Crippen LogP contribution is 2.20. The number of amides is 1. The van der Waals surface area contributed by atoms with Crippen molar-refractivity contribution in [2.45, 2.75) is 25.8 Å². The lowest BCUT2D eigenvalue weighted by molar-refractivity contribution is -0.137. The molecular formula is C12H15BrN2O3. The maximum atomic E-state index is 11.7. The summed E-state index contributed by atoms with van der Waals surface area (Å²) in [6, 6.07) is 4.63. The standard InChI is InChI=1S/C12H15BrN2O3/c1-7-6-8(13)2-4-10(7)15-12(18)9(14)3-5-11(16)17/h2,4,6,9H,3,5,14H2,1H3,(H,15,18)(H,16,17). The van der Waals surface area contributed by atoms with Gasteiger partial charge in [-0.25, -0.2) is 0 Å². The number of rotatable bonds is 5. The quantitative estimate of drug-likeness (QED) is 0.773. The first-order valence-corrected chi connectivity index (χ1v) is 6.24. The minimum absolute atomic E-state index is 0.117. The van der Waals surface area contributed by atoms with Crippen LogP contribution in [0.15, 0.2) is 22.7 Å². The van der Waals surface area contributed by atoms with Gasteiger partial charge in [0.15, 0.2) is 0 Å². The zero-order chi connectivity index (χ0) is 13.7. The van der Waals surface area contributed by atoms with Gasteiger partial charge in [-0.3, -0.25) is 9.59 Å². The summed E-state index contributed by atoms with van der Waals surface area (Å²) in [5.41, 5.74) is 7.19. The molecule has 0 saturated carbocycles. The Bertz CT molecular complexity index is 463. The molecule has 4 N–H and O–H groups in total. The topological polar surface area (TPSA) is 92.4 Å². The van der Waals surface area contributed by atoms with Gasteiger partial charge >= 0.3 is 5.97 Å². The van der Waals surface area contributed by atoms with Gasteiger partial charge in [-0.2, -0.15) is 0 Å². The average molecular weight is 315 g/mol. The third-order valence-electron chi connectivity index (χ3n) is 2.45. The molecule has 98 valence electrons. The number of aliphatic carboxylic acids is 1. The molecule has 1 aromatic carbocycles. The van der Waals surface area contributed by atoms with Crippen molar-refractivity contribution in [3.8, 4) is 0 Å². The van der Waals surface area contributed by atoms with E-state index in [2.05, 4.69) is 21.2 Å². The average Bonchev–Trinajstić information content (AvgIpc) is 2.29. The summed E-state index contributed by atoms with van der Waals surface area (Å²) in [4.78, 5) is 22.1. The second-order valence-corrected chi connectivity index (χ2v) is 4.90. The van der Waals surface area contributed by atoms with Crippen molar-refractivity contribution in [1.82, 2.24) is 0 Å². The van der Waals surface area contributed by atoms with Crippen molar-refractivity contribution in [2.75, 3.05) is 5.32 Å². The van der Waals surface area contributed by atoms with Crippen molar-refractivity contribution in [3.63, 3.8) is 0 Å². The fourth-order valence-electron chi connectivity index (χ4n) is 1.40. The van der Waals surface area contributed by atoms with Gasteiger partial charge in [-0.15, -0.1) is 0 Å². The summed E-state index contributed by atoms with van der Waals surface area (Å²) in [6.45, 7) is 1.86. The fraction of sp³-hybridized carbons (Fsp3) is 0.333. The molecule has 1 unspecified atom stereocenters. The van der Waals surface area contributed by atoms with Gasteiger partial charge in [0.05, 0.1) is 6.04 Å². The highest BCUT2D eigenvalue weighted by molar-refractivity contribution is 9.10. The van der Waals surface area contributed by atoms with Crippen LogP contribution in [0.5, 0.6) is 0 Å². The van der Waals surface area contributed by atoms with Crippen LogP contribution in [0, 0.1) is 6.92 Å². The number of nitrogens with two attached hydrogens (primary N) is 1. The van der Waals surface area contributed by atoms with E-state index < -0.39 is 12.0 Å². The summed E-state index contributed by atoms with van der Waals surface area (Å²) < 4.78 is 0.924. The van der Waals surface area contributed by atoms with Gasteiger partial charge in [-0.05, 0) is 37.1 Å². The van der Waals surface area contributed by atoms with Gasteiger partial charge < -0.3 is 16.2 Å². The number of carboxylic acids is 1. The Hall–Kier alpha value is -1.40. The number of aryl methyl sites for hydroxylation is 1. The molecule has 0 aliphatic carbocycles. The number of halogens is 1. The molecule has 0 aromatic heterocycles. The summed E-state index contributed by atoms with van der Waals surface area (Å²) in [6.07, 6.45) is 0.00461. The largest absolute Gasteiger partial charge is 0.481 e. The fourth-order valence-corrected chi connectivity index (χ4v) is 1.88. The van der Waals surface area contributed by atoms with Crippen LogP contribution in [-0.2, 0) is 9.59 Å². The van der Waals surface area contributed by atoms with Crippen LogP contribution in [0.4, 0.5) is 5.69 Å². The molecule has 0 aliphatic rings. The molecule has 1 amide bonds. The predicted molar refractivity (Wildman–Crippen MR) is 72.4 cm³/mol. The van der Waals surface area contributed by atoms with Crippen LogP contribution in [-0.4, -0.2) is 23.0 Å². The third kappa shape index (κ3) is 4.46. The second-order valence-electron chi connectivity index (χ2n) is 3.99. The Balaban J connectivity index is 2.61. The minimum atomic E-state index is -0.960. The number of anilines is 1. The van der Waals surface area contributed by atoms with E-state index in [4.69, 9.17) is 10.8 Å². The van der Waals surface area contributed by atoms with Gasteiger partial charge in [0.25, 0.3) is 0 Å². The third-order valence-corrected chi connectivity index (χ3v) is 2.95. The monoisotopic (exact) mass is 314 g/mol. The van der Waals surface area contributed by atoms with E-state index in [1.807, 2.05) is 19.1 Å². The minimum Gasteiger partial charge on any atom is -0.481 e. The molecule has 5 nitrogen and oxygen atoms in total. The van der Waals surface area contributed by atoms with E-state index in [0.717, 1.165) is 10.0 Å². The van der Waals surface area contributed by atoms with E-state index in [-0.39, 0.29) is 18.7 Å². The predicted octanol–water partition coefficient (Wildman–Crippen LogP) is 1.89. The van der Waals surface area contributed by atoms with E-state index >= 15 is 0 Å². The highest BCUT2D eigenvalue weighted by atomic mass is 79.9. The molecular weight excluding hydrogens is 300 g/mol. The Morgan fingerprint density at radius 1 is 1.50 bits per heavy atom. The molecule has 1 aromatic rings. The maximum Gasteiger partial charge on any atom is 0.303 e. The summed E-state index contributed by atoms with van der Waals surface area (Å²) in [5, 5.41) is 11.2. The van der Waals surface area contributed by atoms with Crippen LogP contribution < -0.4 is 11.1 Å². The summed E-state index contributed by atoms with van der Waals surface area (Å²) >= 11 is 3.33. The first-order valence-electron chi connectivity index (χ1n) is 5.44. The highest BCUT2D eigenvalue weighted by Gasteiger charge is 2.15. The van der Waals surface area contributed by atoms with Gasteiger partial charge in [0, 0.05) is 16.6 Å². The SMILES string of the molecule is Cc1cc(Br)ccc1NC(=O)C(N)CCC(=O)O. The van der Waals surface area contributed by atoms with Gasteiger partial charge in [0.2, 0.25) is 5.91 Å². The normalized spacial score (nSPS) is 11.9.